The van der Waals surface area contributed by atoms with Gasteiger partial charge in [0.25, 0.3) is 0 Å². The SMILES string of the molecule is CC(C)(C)CNC[C@@H](O)[C@@H](N)Cc1ccccc1. The zero-order chi connectivity index (χ0) is 13.6. The average molecular weight is 250 g/mol. The van der Waals surface area contributed by atoms with E-state index < -0.39 is 6.10 Å². The minimum absolute atomic E-state index is 0.222. The maximum Gasteiger partial charge on any atom is 0.0818 e. The van der Waals surface area contributed by atoms with Gasteiger partial charge in [-0.1, -0.05) is 51.1 Å². The highest BCUT2D eigenvalue weighted by Gasteiger charge is 2.16. The minimum atomic E-state index is -0.507. The number of nitrogens with one attached hydrogen (secondary N) is 1. The van der Waals surface area contributed by atoms with Gasteiger partial charge in [0.2, 0.25) is 0 Å². The van der Waals surface area contributed by atoms with Crippen molar-refractivity contribution in [3.63, 3.8) is 0 Å². The monoisotopic (exact) mass is 250 g/mol. The number of hydrogen-bond acceptors (Lipinski definition) is 3. The number of nitrogens with two attached hydrogens (primary N) is 1. The lowest BCUT2D eigenvalue weighted by Gasteiger charge is -2.23. The zero-order valence-corrected chi connectivity index (χ0v) is 11.7. The molecule has 1 rings (SSSR count). The van der Waals surface area contributed by atoms with Crippen LogP contribution in [0.3, 0.4) is 0 Å². The second-order valence-electron chi connectivity index (χ2n) is 6.11. The summed E-state index contributed by atoms with van der Waals surface area (Å²) in [4.78, 5) is 0. The van der Waals surface area contributed by atoms with Crippen LogP contribution in [0.15, 0.2) is 30.3 Å². The smallest absolute Gasteiger partial charge is 0.0818 e. The maximum atomic E-state index is 9.99. The lowest BCUT2D eigenvalue weighted by molar-refractivity contribution is 0.138. The van der Waals surface area contributed by atoms with Crippen LogP contribution in [0.2, 0.25) is 0 Å². The second-order valence-corrected chi connectivity index (χ2v) is 6.11. The van der Waals surface area contributed by atoms with Crippen LogP contribution in [0, 0.1) is 5.41 Å². The first-order chi connectivity index (χ1) is 8.38. The number of aliphatic hydroxyl groups excluding tert-OH is 1. The molecule has 0 amide bonds. The average Bonchev–Trinajstić information content (AvgIpc) is 2.28. The Morgan fingerprint density at radius 2 is 1.83 bits per heavy atom. The maximum absolute atomic E-state index is 9.99. The Morgan fingerprint density at radius 1 is 1.22 bits per heavy atom. The quantitative estimate of drug-likeness (QED) is 0.718. The van der Waals surface area contributed by atoms with Crippen molar-refractivity contribution in [1.82, 2.24) is 5.32 Å². The van der Waals surface area contributed by atoms with Gasteiger partial charge in [-0.3, -0.25) is 0 Å². The standard InChI is InChI=1S/C15H26N2O/c1-15(2,3)11-17-10-14(18)13(16)9-12-7-5-4-6-8-12/h4-8,13-14,17-18H,9-11,16H2,1-3H3/t13-,14+/m0/s1. The molecule has 0 fully saturated rings. The van der Waals surface area contributed by atoms with Gasteiger partial charge in [-0.2, -0.15) is 0 Å². The van der Waals surface area contributed by atoms with E-state index in [2.05, 4.69) is 26.1 Å². The number of benzene rings is 1. The van der Waals surface area contributed by atoms with E-state index in [0.717, 1.165) is 6.54 Å². The zero-order valence-electron chi connectivity index (χ0n) is 11.7. The van der Waals surface area contributed by atoms with Crippen molar-refractivity contribution < 1.29 is 5.11 Å². The Labute approximate surface area is 110 Å². The third kappa shape index (κ3) is 6.15. The van der Waals surface area contributed by atoms with Crippen molar-refractivity contribution in [3.8, 4) is 0 Å². The Balaban J connectivity index is 2.31. The van der Waals surface area contributed by atoms with Crippen LogP contribution in [-0.2, 0) is 6.42 Å². The fraction of sp³-hybridized carbons (Fsp3) is 0.600. The van der Waals surface area contributed by atoms with Gasteiger partial charge < -0.3 is 16.2 Å². The van der Waals surface area contributed by atoms with Gasteiger partial charge in [0.15, 0.2) is 0 Å². The third-order valence-electron chi connectivity index (χ3n) is 2.82. The van der Waals surface area contributed by atoms with Gasteiger partial charge in [0.1, 0.15) is 0 Å². The van der Waals surface area contributed by atoms with Crippen molar-refractivity contribution >= 4 is 0 Å². The van der Waals surface area contributed by atoms with Gasteiger partial charge in [0.05, 0.1) is 6.10 Å². The van der Waals surface area contributed by atoms with Crippen molar-refractivity contribution in [2.24, 2.45) is 11.1 Å². The molecule has 4 N–H and O–H groups in total. The highest BCUT2D eigenvalue weighted by molar-refractivity contribution is 5.16. The predicted molar refractivity (Wildman–Crippen MR) is 76.5 cm³/mol. The number of hydrogen-bond donors (Lipinski definition) is 3. The molecular weight excluding hydrogens is 224 g/mol. The summed E-state index contributed by atoms with van der Waals surface area (Å²) >= 11 is 0. The molecule has 0 spiro atoms. The molecule has 0 saturated heterocycles. The first kappa shape index (κ1) is 15.2. The molecule has 0 aliphatic heterocycles. The van der Waals surface area contributed by atoms with Gasteiger partial charge in [0, 0.05) is 19.1 Å². The second kappa shape index (κ2) is 6.88. The summed E-state index contributed by atoms with van der Waals surface area (Å²) in [7, 11) is 0. The van der Waals surface area contributed by atoms with Gasteiger partial charge in [-0.15, -0.1) is 0 Å². The minimum Gasteiger partial charge on any atom is -0.390 e. The molecule has 0 aliphatic rings. The molecule has 3 nitrogen and oxygen atoms in total. The van der Waals surface area contributed by atoms with Crippen LogP contribution >= 0.6 is 0 Å². The molecule has 0 unspecified atom stereocenters. The van der Waals surface area contributed by atoms with Crippen LogP contribution in [0.25, 0.3) is 0 Å². The van der Waals surface area contributed by atoms with Crippen LogP contribution in [0.5, 0.6) is 0 Å². The van der Waals surface area contributed by atoms with E-state index in [0.29, 0.717) is 13.0 Å². The van der Waals surface area contributed by atoms with E-state index in [-0.39, 0.29) is 11.5 Å². The molecule has 0 heterocycles. The van der Waals surface area contributed by atoms with Crippen molar-refractivity contribution in [2.75, 3.05) is 13.1 Å². The van der Waals surface area contributed by atoms with E-state index in [4.69, 9.17) is 5.73 Å². The number of aliphatic hydroxyl groups is 1. The normalized spacial score (nSPS) is 15.4. The largest absolute Gasteiger partial charge is 0.390 e. The van der Waals surface area contributed by atoms with E-state index in [1.54, 1.807) is 0 Å². The van der Waals surface area contributed by atoms with Gasteiger partial charge in [-0.25, -0.2) is 0 Å². The summed E-state index contributed by atoms with van der Waals surface area (Å²) < 4.78 is 0. The van der Waals surface area contributed by atoms with E-state index >= 15 is 0 Å². The molecule has 1 aromatic rings. The van der Waals surface area contributed by atoms with Crippen LogP contribution in [-0.4, -0.2) is 30.3 Å². The Hall–Kier alpha value is -0.900. The fourth-order valence-electron chi connectivity index (χ4n) is 1.77. The summed E-state index contributed by atoms with van der Waals surface area (Å²) in [6.07, 6.45) is 0.201. The molecule has 2 atom stereocenters. The molecule has 18 heavy (non-hydrogen) atoms. The van der Waals surface area contributed by atoms with Crippen LogP contribution < -0.4 is 11.1 Å². The highest BCUT2D eigenvalue weighted by Crippen LogP contribution is 2.10. The van der Waals surface area contributed by atoms with Crippen molar-refractivity contribution in [1.29, 1.82) is 0 Å². The summed E-state index contributed by atoms with van der Waals surface area (Å²) in [5.41, 5.74) is 7.40. The Kier molecular flexibility index (Phi) is 5.79. The van der Waals surface area contributed by atoms with E-state index in [1.807, 2.05) is 30.3 Å². The lowest BCUT2D eigenvalue weighted by atomic mass is 9.96. The summed E-state index contributed by atoms with van der Waals surface area (Å²) in [6.45, 7) is 7.91. The predicted octanol–water partition coefficient (Wildman–Crippen LogP) is 1.55. The first-order valence-corrected chi connectivity index (χ1v) is 6.57. The third-order valence-corrected chi connectivity index (χ3v) is 2.82. The molecule has 0 saturated carbocycles. The van der Waals surface area contributed by atoms with E-state index in [1.165, 1.54) is 5.56 Å². The molecular formula is C15H26N2O. The highest BCUT2D eigenvalue weighted by atomic mass is 16.3. The fourth-order valence-corrected chi connectivity index (χ4v) is 1.77. The molecule has 0 aliphatic carbocycles. The Morgan fingerprint density at radius 3 is 2.39 bits per heavy atom. The molecule has 3 heteroatoms. The van der Waals surface area contributed by atoms with Crippen LogP contribution in [0.1, 0.15) is 26.3 Å². The molecule has 0 bridgehead atoms. The summed E-state index contributed by atoms with van der Waals surface area (Å²) in [5, 5.41) is 13.3. The van der Waals surface area contributed by atoms with Crippen molar-refractivity contribution in [2.45, 2.75) is 39.3 Å². The number of rotatable bonds is 6. The summed E-state index contributed by atoms with van der Waals surface area (Å²) in [6, 6.07) is 9.82. The van der Waals surface area contributed by atoms with Crippen LogP contribution in [0.4, 0.5) is 0 Å². The molecule has 0 aromatic heterocycles. The Bertz CT molecular complexity index is 332. The molecule has 0 radical (unpaired) electrons. The molecule has 1 aromatic carbocycles. The first-order valence-electron chi connectivity index (χ1n) is 6.57. The van der Waals surface area contributed by atoms with Gasteiger partial charge in [-0.05, 0) is 17.4 Å². The topological polar surface area (TPSA) is 58.3 Å². The lowest BCUT2D eigenvalue weighted by Crippen LogP contribution is -2.44. The van der Waals surface area contributed by atoms with Crippen molar-refractivity contribution in [3.05, 3.63) is 35.9 Å². The van der Waals surface area contributed by atoms with E-state index in [9.17, 15) is 5.11 Å². The molecule has 102 valence electrons. The van der Waals surface area contributed by atoms with Gasteiger partial charge >= 0.3 is 0 Å². The summed E-state index contributed by atoms with van der Waals surface area (Å²) in [5.74, 6) is 0.